The van der Waals surface area contributed by atoms with E-state index < -0.39 is 0 Å². The zero-order chi connectivity index (χ0) is 6.10. The lowest BCUT2D eigenvalue weighted by Crippen LogP contribution is -2.01. The molecule has 0 spiro atoms. The fourth-order valence-corrected chi connectivity index (χ4v) is 1.70. The summed E-state index contributed by atoms with van der Waals surface area (Å²) in [7, 11) is 0. The van der Waals surface area contributed by atoms with Crippen LogP contribution in [0, 0.1) is 5.92 Å². The smallest absolute Gasteiger partial charge is 0.0952 e. The molecular weight excluding hydrogens is 112 g/mol. The standard InChI is InChI=1S/C8H12O/c1-2-4-8-7(3-1)5-6-9-8/h4,7H,1-3,5-6H2. The predicted octanol–water partition coefficient (Wildman–Crippen LogP) is 2.09. The highest BCUT2D eigenvalue weighted by molar-refractivity contribution is 5.05. The lowest BCUT2D eigenvalue weighted by Gasteiger charge is -2.13. The van der Waals surface area contributed by atoms with Crippen molar-refractivity contribution in [3.8, 4) is 0 Å². The number of ether oxygens (including phenoxy) is 1. The monoisotopic (exact) mass is 124 g/mol. The van der Waals surface area contributed by atoms with Crippen molar-refractivity contribution < 1.29 is 4.74 Å². The van der Waals surface area contributed by atoms with Gasteiger partial charge in [-0.2, -0.15) is 0 Å². The maximum absolute atomic E-state index is 5.42. The van der Waals surface area contributed by atoms with E-state index in [2.05, 4.69) is 6.08 Å². The molecule has 0 aromatic heterocycles. The first kappa shape index (κ1) is 5.33. The summed E-state index contributed by atoms with van der Waals surface area (Å²) in [5, 5.41) is 0. The summed E-state index contributed by atoms with van der Waals surface area (Å²) in [5.41, 5.74) is 0. The second-order valence-electron chi connectivity index (χ2n) is 2.87. The average molecular weight is 124 g/mol. The summed E-state index contributed by atoms with van der Waals surface area (Å²) in [6.07, 6.45) is 7.52. The van der Waals surface area contributed by atoms with Gasteiger partial charge in [0.25, 0.3) is 0 Å². The van der Waals surface area contributed by atoms with Gasteiger partial charge in [0.2, 0.25) is 0 Å². The zero-order valence-electron chi connectivity index (χ0n) is 5.60. The molecule has 0 N–H and O–H groups in total. The Balaban J connectivity index is 2.16. The van der Waals surface area contributed by atoms with Gasteiger partial charge in [-0.1, -0.05) is 0 Å². The lowest BCUT2D eigenvalue weighted by molar-refractivity contribution is 0.253. The first-order chi connectivity index (χ1) is 4.47. The Morgan fingerprint density at radius 2 is 2.44 bits per heavy atom. The maximum atomic E-state index is 5.42. The van der Waals surface area contributed by atoms with Crippen LogP contribution in [0.25, 0.3) is 0 Å². The van der Waals surface area contributed by atoms with E-state index in [1.54, 1.807) is 0 Å². The first-order valence-electron chi connectivity index (χ1n) is 3.79. The van der Waals surface area contributed by atoms with Crippen LogP contribution >= 0.6 is 0 Å². The largest absolute Gasteiger partial charge is 0.498 e. The zero-order valence-corrected chi connectivity index (χ0v) is 5.60. The summed E-state index contributed by atoms with van der Waals surface area (Å²) in [4.78, 5) is 0. The minimum Gasteiger partial charge on any atom is -0.498 e. The molecule has 0 radical (unpaired) electrons. The molecule has 0 aromatic rings. The van der Waals surface area contributed by atoms with Gasteiger partial charge in [0.1, 0.15) is 0 Å². The van der Waals surface area contributed by atoms with Gasteiger partial charge in [-0.05, 0) is 31.8 Å². The van der Waals surface area contributed by atoms with E-state index in [1.165, 1.54) is 31.4 Å². The van der Waals surface area contributed by atoms with Crippen molar-refractivity contribution >= 4 is 0 Å². The molecule has 50 valence electrons. The van der Waals surface area contributed by atoms with Gasteiger partial charge in [-0.15, -0.1) is 0 Å². The van der Waals surface area contributed by atoms with Gasteiger partial charge in [-0.25, -0.2) is 0 Å². The van der Waals surface area contributed by atoms with E-state index >= 15 is 0 Å². The number of hydrogen-bond acceptors (Lipinski definition) is 1. The van der Waals surface area contributed by atoms with Crippen LogP contribution in [0.1, 0.15) is 25.7 Å². The third kappa shape index (κ3) is 0.846. The third-order valence-electron chi connectivity index (χ3n) is 2.24. The van der Waals surface area contributed by atoms with E-state index in [9.17, 15) is 0 Å². The van der Waals surface area contributed by atoms with Crippen LogP contribution in [0.4, 0.5) is 0 Å². The molecule has 1 saturated heterocycles. The van der Waals surface area contributed by atoms with E-state index in [0.717, 1.165) is 12.5 Å². The quantitative estimate of drug-likeness (QED) is 0.480. The molecule has 2 rings (SSSR count). The van der Waals surface area contributed by atoms with Crippen molar-refractivity contribution in [3.63, 3.8) is 0 Å². The number of hydrogen-bond donors (Lipinski definition) is 0. The van der Waals surface area contributed by atoms with E-state index in [-0.39, 0.29) is 0 Å². The third-order valence-corrected chi connectivity index (χ3v) is 2.24. The van der Waals surface area contributed by atoms with Crippen molar-refractivity contribution in [3.05, 3.63) is 11.8 Å². The van der Waals surface area contributed by atoms with Crippen molar-refractivity contribution in [2.75, 3.05) is 6.61 Å². The number of rotatable bonds is 0. The number of fused-ring (bicyclic) bond motifs is 1. The molecule has 0 amide bonds. The average Bonchev–Trinajstić information content (AvgIpc) is 2.33. The molecule has 0 bridgehead atoms. The van der Waals surface area contributed by atoms with Crippen molar-refractivity contribution in [2.45, 2.75) is 25.7 Å². The number of allylic oxidation sites excluding steroid dienone is 2. The molecule has 1 fully saturated rings. The molecule has 1 heteroatoms. The molecule has 1 aliphatic heterocycles. The fourth-order valence-electron chi connectivity index (χ4n) is 1.70. The summed E-state index contributed by atoms with van der Waals surface area (Å²) in [6.45, 7) is 0.969. The highest BCUT2D eigenvalue weighted by Gasteiger charge is 2.23. The summed E-state index contributed by atoms with van der Waals surface area (Å²) in [6, 6.07) is 0. The summed E-state index contributed by atoms with van der Waals surface area (Å²) in [5.74, 6) is 2.10. The first-order valence-corrected chi connectivity index (χ1v) is 3.79. The maximum Gasteiger partial charge on any atom is 0.0952 e. The molecule has 1 unspecified atom stereocenters. The van der Waals surface area contributed by atoms with Crippen LogP contribution < -0.4 is 0 Å². The van der Waals surface area contributed by atoms with Gasteiger partial charge in [0.05, 0.1) is 12.4 Å². The fraction of sp³-hybridized carbons (Fsp3) is 0.750. The predicted molar refractivity (Wildman–Crippen MR) is 36.0 cm³/mol. The van der Waals surface area contributed by atoms with Crippen LogP contribution in [-0.4, -0.2) is 6.61 Å². The Morgan fingerprint density at radius 1 is 1.44 bits per heavy atom. The van der Waals surface area contributed by atoms with Crippen LogP contribution in [-0.2, 0) is 4.74 Å². The molecule has 9 heavy (non-hydrogen) atoms. The van der Waals surface area contributed by atoms with Crippen molar-refractivity contribution in [1.82, 2.24) is 0 Å². The molecule has 1 atom stereocenters. The topological polar surface area (TPSA) is 9.23 Å². The molecule has 2 aliphatic rings. The summed E-state index contributed by atoms with van der Waals surface area (Å²) < 4.78 is 5.42. The molecule has 1 heterocycles. The minimum atomic E-state index is 0.804. The normalized spacial score (nSPS) is 32.9. The van der Waals surface area contributed by atoms with Crippen LogP contribution in [0.5, 0.6) is 0 Å². The Labute approximate surface area is 55.7 Å². The minimum absolute atomic E-state index is 0.804. The van der Waals surface area contributed by atoms with E-state index in [0.29, 0.717) is 0 Å². The molecule has 0 aromatic carbocycles. The van der Waals surface area contributed by atoms with Gasteiger partial charge in [-0.3, -0.25) is 0 Å². The van der Waals surface area contributed by atoms with Gasteiger partial charge in [0.15, 0.2) is 0 Å². The lowest BCUT2D eigenvalue weighted by atomic mass is 9.93. The molecule has 1 aliphatic carbocycles. The second-order valence-corrected chi connectivity index (χ2v) is 2.87. The molecular formula is C8H12O. The van der Waals surface area contributed by atoms with Gasteiger partial charge in [0, 0.05) is 5.92 Å². The highest BCUT2D eigenvalue weighted by Crippen LogP contribution is 2.32. The van der Waals surface area contributed by atoms with Crippen molar-refractivity contribution in [1.29, 1.82) is 0 Å². The Bertz CT molecular complexity index is 138. The van der Waals surface area contributed by atoms with Crippen LogP contribution in [0.3, 0.4) is 0 Å². The Hall–Kier alpha value is -0.460. The Morgan fingerprint density at radius 3 is 3.33 bits per heavy atom. The SMILES string of the molecule is C1=C2OCCC2CCC1. The highest BCUT2D eigenvalue weighted by atomic mass is 16.5. The van der Waals surface area contributed by atoms with Gasteiger partial charge < -0.3 is 4.74 Å². The summed E-state index contributed by atoms with van der Waals surface area (Å²) >= 11 is 0. The van der Waals surface area contributed by atoms with Crippen LogP contribution in [0.15, 0.2) is 11.8 Å². The Kier molecular flexibility index (Phi) is 1.22. The van der Waals surface area contributed by atoms with Crippen LogP contribution in [0.2, 0.25) is 0 Å². The second kappa shape index (κ2) is 2.05. The van der Waals surface area contributed by atoms with Gasteiger partial charge >= 0.3 is 0 Å². The van der Waals surface area contributed by atoms with E-state index in [4.69, 9.17) is 4.74 Å². The molecule has 1 nitrogen and oxygen atoms in total. The van der Waals surface area contributed by atoms with Crippen molar-refractivity contribution in [2.24, 2.45) is 5.92 Å². The van der Waals surface area contributed by atoms with E-state index in [1.807, 2.05) is 0 Å². The molecule has 0 saturated carbocycles.